The van der Waals surface area contributed by atoms with Crippen molar-refractivity contribution in [1.29, 1.82) is 0 Å². The van der Waals surface area contributed by atoms with E-state index in [0.29, 0.717) is 24.8 Å². The maximum absolute atomic E-state index is 12.0. The highest BCUT2D eigenvalue weighted by atomic mass is 32.2. The standard InChI is InChI=1S/C11H20N2O2S/c1-2-5-12-6-8-13(9-7-12)16(14,15)10-11-3-4-11/h2,11H,1,3-10H2. The molecule has 2 rings (SSSR count). The lowest BCUT2D eigenvalue weighted by molar-refractivity contribution is 0.204. The molecule has 0 radical (unpaired) electrons. The van der Waals surface area contributed by atoms with Gasteiger partial charge >= 0.3 is 0 Å². The fraction of sp³-hybridized carbons (Fsp3) is 0.818. The molecule has 1 aliphatic heterocycles. The zero-order valence-corrected chi connectivity index (χ0v) is 10.5. The molecule has 16 heavy (non-hydrogen) atoms. The summed E-state index contributed by atoms with van der Waals surface area (Å²) in [5.41, 5.74) is 0. The summed E-state index contributed by atoms with van der Waals surface area (Å²) < 4.78 is 25.6. The topological polar surface area (TPSA) is 40.6 Å². The number of hydrogen-bond acceptors (Lipinski definition) is 3. The van der Waals surface area contributed by atoms with Gasteiger partial charge in [-0.1, -0.05) is 6.08 Å². The Balaban J connectivity index is 1.85. The number of hydrogen-bond donors (Lipinski definition) is 0. The lowest BCUT2D eigenvalue weighted by Crippen LogP contribution is -2.49. The highest BCUT2D eigenvalue weighted by Crippen LogP contribution is 2.31. The third-order valence-corrected chi connectivity index (χ3v) is 5.30. The summed E-state index contributed by atoms with van der Waals surface area (Å²) in [6, 6.07) is 0. The van der Waals surface area contributed by atoms with E-state index in [4.69, 9.17) is 0 Å². The van der Waals surface area contributed by atoms with Crippen molar-refractivity contribution in [3.8, 4) is 0 Å². The third kappa shape index (κ3) is 3.06. The average Bonchev–Trinajstić information content (AvgIpc) is 3.02. The molecule has 1 saturated heterocycles. The summed E-state index contributed by atoms with van der Waals surface area (Å²) in [4.78, 5) is 2.23. The maximum atomic E-state index is 12.0. The molecule has 4 nitrogen and oxygen atoms in total. The average molecular weight is 244 g/mol. The van der Waals surface area contributed by atoms with Crippen molar-refractivity contribution in [2.75, 3.05) is 38.5 Å². The molecule has 1 aliphatic carbocycles. The van der Waals surface area contributed by atoms with Crippen LogP contribution < -0.4 is 0 Å². The molecule has 0 aromatic carbocycles. The van der Waals surface area contributed by atoms with E-state index >= 15 is 0 Å². The van der Waals surface area contributed by atoms with Gasteiger partial charge in [0.1, 0.15) is 0 Å². The minimum atomic E-state index is -2.98. The normalized spacial score (nSPS) is 24.5. The second-order valence-electron chi connectivity index (χ2n) is 4.71. The van der Waals surface area contributed by atoms with Gasteiger partial charge in [0, 0.05) is 32.7 Å². The van der Waals surface area contributed by atoms with E-state index in [-0.39, 0.29) is 0 Å². The molecule has 1 saturated carbocycles. The molecule has 0 spiro atoms. The molecule has 0 aromatic heterocycles. The zero-order valence-electron chi connectivity index (χ0n) is 9.64. The minimum Gasteiger partial charge on any atom is -0.297 e. The Morgan fingerprint density at radius 1 is 1.19 bits per heavy atom. The van der Waals surface area contributed by atoms with Crippen LogP contribution in [0.5, 0.6) is 0 Å². The van der Waals surface area contributed by atoms with Crippen molar-refractivity contribution < 1.29 is 8.42 Å². The molecular formula is C11H20N2O2S. The van der Waals surface area contributed by atoms with Crippen LogP contribution in [0.15, 0.2) is 12.7 Å². The Hall–Kier alpha value is -0.390. The van der Waals surface area contributed by atoms with E-state index in [0.717, 1.165) is 32.5 Å². The lowest BCUT2D eigenvalue weighted by Gasteiger charge is -2.33. The Labute approximate surface area is 98.0 Å². The highest BCUT2D eigenvalue weighted by Gasteiger charge is 2.33. The van der Waals surface area contributed by atoms with Crippen LogP contribution in [0.4, 0.5) is 0 Å². The van der Waals surface area contributed by atoms with Crippen LogP contribution in [0.2, 0.25) is 0 Å². The van der Waals surface area contributed by atoms with Crippen molar-refractivity contribution in [1.82, 2.24) is 9.21 Å². The first-order valence-electron chi connectivity index (χ1n) is 5.93. The van der Waals surface area contributed by atoms with E-state index in [9.17, 15) is 8.42 Å². The van der Waals surface area contributed by atoms with Crippen molar-refractivity contribution in [2.24, 2.45) is 5.92 Å². The van der Waals surface area contributed by atoms with Crippen molar-refractivity contribution in [3.05, 3.63) is 12.7 Å². The first kappa shape index (κ1) is 12.1. The number of nitrogens with zero attached hydrogens (tertiary/aromatic N) is 2. The van der Waals surface area contributed by atoms with Gasteiger partial charge in [0.15, 0.2) is 0 Å². The predicted octanol–water partition coefficient (Wildman–Crippen LogP) is 0.530. The molecule has 0 aromatic rings. The van der Waals surface area contributed by atoms with Gasteiger partial charge in [-0.15, -0.1) is 6.58 Å². The van der Waals surface area contributed by atoms with Gasteiger partial charge < -0.3 is 0 Å². The van der Waals surface area contributed by atoms with Crippen molar-refractivity contribution in [2.45, 2.75) is 12.8 Å². The van der Waals surface area contributed by atoms with E-state index in [1.807, 2.05) is 6.08 Å². The van der Waals surface area contributed by atoms with Crippen LogP contribution >= 0.6 is 0 Å². The van der Waals surface area contributed by atoms with Gasteiger partial charge in [0.25, 0.3) is 0 Å². The molecule has 0 unspecified atom stereocenters. The summed E-state index contributed by atoms with van der Waals surface area (Å²) in [6.07, 6.45) is 4.06. The van der Waals surface area contributed by atoms with Gasteiger partial charge in [-0.05, 0) is 18.8 Å². The van der Waals surface area contributed by atoms with E-state index in [2.05, 4.69) is 11.5 Å². The second kappa shape index (κ2) is 4.85. The quantitative estimate of drug-likeness (QED) is 0.662. The maximum Gasteiger partial charge on any atom is 0.214 e. The molecule has 0 amide bonds. The predicted molar refractivity (Wildman–Crippen MR) is 64.7 cm³/mol. The first-order chi connectivity index (χ1) is 7.62. The molecule has 1 heterocycles. The minimum absolute atomic E-state index is 0.370. The summed E-state index contributed by atoms with van der Waals surface area (Å²) in [7, 11) is -2.98. The smallest absolute Gasteiger partial charge is 0.214 e. The van der Waals surface area contributed by atoms with Crippen LogP contribution in [0.1, 0.15) is 12.8 Å². The molecule has 92 valence electrons. The highest BCUT2D eigenvalue weighted by molar-refractivity contribution is 7.89. The summed E-state index contributed by atoms with van der Waals surface area (Å²) in [5.74, 6) is 0.810. The van der Waals surface area contributed by atoms with Crippen LogP contribution in [-0.4, -0.2) is 56.1 Å². The molecular weight excluding hydrogens is 224 g/mol. The summed E-state index contributed by atoms with van der Waals surface area (Å²) >= 11 is 0. The van der Waals surface area contributed by atoms with Crippen LogP contribution in [0.25, 0.3) is 0 Å². The molecule has 0 atom stereocenters. The SMILES string of the molecule is C=CCN1CCN(S(=O)(=O)CC2CC2)CC1. The van der Waals surface area contributed by atoms with Gasteiger partial charge in [0.2, 0.25) is 10.0 Å². The summed E-state index contributed by atoms with van der Waals surface area (Å²) in [5, 5.41) is 0. The number of piperazine rings is 1. The van der Waals surface area contributed by atoms with Gasteiger partial charge in [-0.2, -0.15) is 4.31 Å². The Kier molecular flexibility index (Phi) is 3.66. The first-order valence-corrected chi connectivity index (χ1v) is 7.54. The molecule has 2 aliphatic rings. The van der Waals surface area contributed by atoms with E-state index in [1.165, 1.54) is 0 Å². The van der Waals surface area contributed by atoms with Crippen molar-refractivity contribution >= 4 is 10.0 Å². The monoisotopic (exact) mass is 244 g/mol. The second-order valence-corrected chi connectivity index (χ2v) is 6.72. The number of rotatable bonds is 5. The fourth-order valence-corrected chi connectivity index (χ4v) is 3.92. The lowest BCUT2D eigenvalue weighted by atomic mass is 10.3. The van der Waals surface area contributed by atoms with E-state index < -0.39 is 10.0 Å². The van der Waals surface area contributed by atoms with Crippen LogP contribution in [0.3, 0.4) is 0 Å². The van der Waals surface area contributed by atoms with Gasteiger partial charge in [-0.25, -0.2) is 8.42 Å². The van der Waals surface area contributed by atoms with E-state index in [1.54, 1.807) is 4.31 Å². The number of sulfonamides is 1. The molecule has 0 N–H and O–H groups in total. The Morgan fingerprint density at radius 3 is 2.31 bits per heavy atom. The zero-order chi connectivity index (χ0) is 11.6. The molecule has 2 fully saturated rings. The third-order valence-electron chi connectivity index (χ3n) is 3.26. The molecule has 0 bridgehead atoms. The van der Waals surface area contributed by atoms with Crippen molar-refractivity contribution in [3.63, 3.8) is 0 Å². The Bertz CT molecular complexity index is 341. The molecule has 5 heteroatoms. The van der Waals surface area contributed by atoms with Crippen LogP contribution in [0, 0.1) is 5.92 Å². The fourth-order valence-electron chi connectivity index (χ4n) is 2.06. The Morgan fingerprint density at radius 2 is 1.81 bits per heavy atom. The summed E-state index contributed by atoms with van der Waals surface area (Å²) in [6.45, 7) is 7.50. The van der Waals surface area contributed by atoms with Gasteiger partial charge in [0.05, 0.1) is 5.75 Å². The largest absolute Gasteiger partial charge is 0.297 e. The van der Waals surface area contributed by atoms with Gasteiger partial charge in [-0.3, -0.25) is 4.90 Å². The van der Waals surface area contributed by atoms with Crippen LogP contribution in [-0.2, 0) is 10.0 Å².